The third kappa shape index (κ3) is 3.61. The first-order valence-corrected chi connectivity index (χ1v) is 6.41. The molecule has 0 aromatic heterocycles. The predicted molar refractivity (Wildman–Crippen MR) is 63.5 cm³/mol. The van der Waals surface area contributed by atoms with E-state index >= 15 is 0 Å². The maximum Gasteiger partial charge on any atom is 0.00747 e. The molecule has 0 saturated heterocycles. The van der Waals surface area contributed by atoms with Crippen molar-refractivity contribution in [2.24, 2.45) is 11.8 Å². The van der Waals surface area contributed by atoms with Crippen LogP contribution in [0.4, 0.5) is 0 Å². The Kier molecular flexibility index (Phi) is 4.94. The number of rotatable bonds is 6. The van der Waals surface area contributed by atoms with Crippen LogP contribution in [0.3, 0.4) is 0 Å². The summed E-state index contributed by atoms with van der Waals surface area (Å²) in [5.74, 6) is 1.85. The third-order valence-corrected chi connectivity index (χ3v) is 3.72. The third-order valence-electron chi connectivity index (χ3n) is 3.72. The number of nitrogens with one attached hydrogen (secondary N) is 1. The van der Waals surface area contributed by atoms with E-state index in [0.717, 1.165) is 23.9 Å². The van der Waals surface area contributed by atoms with Gasteiger partial charge in [-0.2, -0.15) is 0 Å². The molecule has 0 heterocycles. The van der Waals surface area contributed by atoms with Crippen molar-refractivity contribution < 1.29 is 0 Å². The Labute approximate surface area is 89.7 Å². The van der Waals surface area contributed by atoms with Gasteiger partial charge in [-0.1, -0.05) is 34.1 Å². The minimum atomic E-state index is 0.766. The molecular formula is C13H27N. The summed E-state index contributed by atoms with van der Waals surface area (Å²) in [6.07, 6.45) is 6.76. The molecule has 0 aromatic rings. The fraction of sp³-hybridized carbons (Fsp3) is 1.00. The van der Waals surface area contributed by atoms with E-state index in [1.165, 1.54) is 32.1 Å². The first-order valence-electron chi connectivity index (χ1n) is 6.41. The lowest BCUT2D eigenvalue weighted by atomic mass is 9.81. The van der Waals surface area contributed by atoms with Crippen LogP contribution in [0.2, 0.25) is 0 Å². The largest absolute Gasteiger partial charge is 0.311 e. The predicted octanol–water partition coefficient (Wildman–Crippen LogP) is 3.59. The molecule has 0 amide bonds. The summed E-state index contributed by atoms with van der Waals surface area (Å²) in [5, 5.41) is 3.80. The van der Waals surface area contributed by atoms with Crippen molar-refractivity contribution in [2.45, 2.75) is 71.9 Å². The van der Waals surface area contributed by atoms with Crippen molar-refractivity contribution in [1.29, 1.82) is 0 Å². The van der Waals surface area contributed by atoms with Gasteiger partial charge >= 0.3 is 0 Å². The van der Waals surface area contributed by atoms with E-state index in [4.69, 9.17) is 0 Å². The van der Waals surface area contributed by atoms with Gasteiger partial charge < -0.3 is 5.32 Å². The van der Waals surface area contributed by atoms with Crippen LogP contribution in [0.15, 0.2) is 0 Å². The SMILES string of the molecule is CCC(C)CC(CC)NC1CC(C)C1. The van der Waals surface area contributed by atoms with Crippen LogP contribution >= 0.6 is 0 Å². The van der Waals surface area contributed by atoms with Crippen LogP contribution in [-0.2, 0) is 0 Å². The van der Waals surface area contributed by atoms with Gasteiger partial charge in [0.2, 0.25) is 0 Å². The highest BCUT2D eigenvalue weighted by molar-refractivity contribution is 4.85. The monoisotopic (exact) mass is 197 g/mol. The van der Waals surface area contributed by atoms with Crippen molar-refractivity contribution in [3.63, 3.8) is 0 Å². The van der Waals surface area contributed by atoms with E-state index in [1.807, 2.05) is 0 Å². The Hall–Kier alpha value is -0.0400. The molecule has 14 heavy (non-hydrogen) atoms. The van der Waals surface area contributed by atoms with Gasteiger partial charge in [0.15, 0.2) is 0 Å². The summed E-state index contributed by atoms with van der Waals surface area (Å²) in [5.41, 5.74) is 0. The normalized spacial score (nSPS) is 30.9. The Balaban J connectivity index is 2.18. The lowest BCUT2D eigenvalue weighted by Crippen LogP contribution is -2.45. The van der Waals surface area contributed by atoms with Gasteiger partial charge in [-0.15, -0.1) is 0 Å². The zero-order valence-electron chi connectivity index (χ0n) is 10.3. The first-order chi connectivity index (χ1) is 6.65. The van der Waals surface area contributed by atoms with Gasteiger partial charge in [0, 0.05) is 12.1 Å². The van der Waals surface area contributed by atoms with Crippen molar-refractivity contribution in [2.75, 3.05) is 0 Å². The van der Waals surface area contributed by atoms with Gasteiger partial charge in [0.05, 0.1) is 0 Å². The fourth-order valence-corrected chi connectivity index (χ4v) is 2.38. The van der Waals surface area contributed by atoms with Crippen LogP contribution in [0, 0.1) is 11.8 Å². The molecule has 0 radical (unpaired) electrons. The summed E-state index contributed by atoms with van der Waals surface area (Å²) in [6, 6.07) is 1.60. The van der Waals surface area contributed by atoms with Gasteiger partial charge in [-0.3, -0.25) is 0 Å². The quantitative estimate of drug-likeness (QED) is 0.686. The second kappa shape index (κ2) is 5.75. The van der Waals surface area contributed by atoms with Crippen LogP contribution < -0.4 is 5.32 Å². The van der Waals surface area contributed by atoms with Crippen molar-refractivity contribution in [3.05, 3.63) is 0 Å². The first kappa shape index (κ1) is 12.0. The maximum atomic E-state index is 3.80. The molecule has 0 spiro atoms. The van der Waals surface area contributed by atoms with Crippen LogP contribution in [0.25, 0.3) is 0 Å². The summed E-state index contributed by atoms with van der Waals surface area (Å²) in [6.45, 7) is 9.33. The summed E-state index contributed by atoms with van der Waals surface area (Å²) < 4.78 is 0. The average molecular weight is 197 g/mol. The molecular weight excluding hydrogens is 170 g/mol. The molecule has 0 bridgehead atoms. The van der Waals surface area contributed by atoms with Gasteiger partial charge in [-0.05, 0) is 37.5 Å². The molecule has 1 rings (SSSR count). The van der Waals surface area contributed by atoms with Crippen molar-refractivity contribution in [3.8, 4) is 0 Å². The van der Waals surface area contributed by atoms with Gasteiger partial charge in [-0.25, -0.2) is 0 Å². The van der Waals surface area contributed by atoms with E-state index < -0.39 is 0 Å². The lowest BCUT2D eigenvalue weighted by molar-refractivity contribution is 0.208. The number of hydrogen-bond donors (Lipinski definition) is 1. The Morgan fingerprint density at radius 1 is 1.21 bits per heavy atom. The summed E-state index contributed by atoms with van der Waals surface area (Å²) >= 11 is 0. The Morgan fingerprint density at radius 2 is 1.86 bits per heavy atom. The van der Waals surface area contributed by atoms with E-state index in [9.17, 15) is 0 Å². The number of hydrogen-bond acceptors (Lipinski definition) is 1. The van der Waals surface area contributed by atoms with Crippen LogP contribution in [0.5, 0.6) is 0 Å². The van der Waals surface area contributed by atoms with Crippen LogP contribution in [-0.4, -0.2) is 12.1 Å². The smallest absolute Gasteiger partial charge is 0.00747 e. The van der Waals surface area contributed by atoms with Crippen molar-refractivity contribution >= 4 is 0 Å². The van der Waals surface area contributed by atoms with Gasteiger partial charge in [0.1, 0.15) is 0 Å². The van der Waals surface area contributed by atoms with Crippen molar-refractivity contribution in [1.82, 2.24) is 5.32 Å². The second-order valence-corrected chi connectivity index (χ2v) is 5.29. The maximum absolute atomic E-state index is 3.80. The topological polar surface area (TPSA) is 12.0 Å². The highest BCUT2D eigenvalue weighted by Crippen LogP contribution is 2.27. The Morgan fingerprint density at radius 3 is 2.29 bits per heavy atom. The average Bonchev–Trinajstić information content (AvgIpc) is 2.13. The van der Waals surface area contributed by atoms with E-state index in [0.29, 0.717) is 0 Å². The molecule has 2 atom stereocenters. The standard InChI is InChI=1S/C13H27N/c1-5-10(3)7-12(6-2)14-13-8-11(4)9-13/h10-14H,5-9H2,1-4H3. The molecule has 1 saturated carbocycles. The van der Waals surface area contributed by atoms with Gasteiger partial charge in [0.25, 0.3) is 0 Å². The fourth-order valence-electron chi connectivity index (χ4n) is 2.38. The summed E-state index contributed by atoms with van der Waals surface area (Å²) in [4.78, 5) is 0. The molecule has 1 aliphatic rings. The highest BCUT2D eigenvalue weighted by Gasteiger charge is 2.26. The van der Waals surface area contributed by atoms with E-state index in [1.54, 1.807) is 0 Å². The zero-order valence-corrected chi connectivity index (χ0v) is 10.3. The Bertz CT molecular complexity index is 149. The second-order valence-electron chi connectivity index (χ2n) is 5.29. The van der Waals surface area contributed by atoms with E-state index in [2.05, 4.69) is 33.0 Å². The lowest BCUT2D eigenvalue weighted by Gasteiger charge is -2.37. The zero-order chi connectivity index (χ0) is 10.6. The molecule has 1 aliphatic carbocycles. The minimum Gasteiger partial charge on any atom is -0.311 e. The van der Waals surface area contributed by atoms with Crippen LogP contribution in [0.1, 0.15) is 59.8 Å². The highest BCUT2D eigenvalue weighted by atomic mass is 15.0. The molecule has 84 valence electrons. The minimum absolute atomic E-state index is 0.766. The molecule has 1 nitrogen and oxygen atoms in total. The molecule has 2 unspecified atom stereocenters. The van der Waals surface area contributed by atoms with E-state index in [-0.39, 0.29) is 0 Å². The molecule has 0 aliphatic heterocycles. The molecule has 0 aromatic carbocycles. The molecule has 1 fully saturated rings. The molecule has 1 heteroatoms. The molecule has 1 N–H and O–H groups in total. The summed E-state index contributed by atoms with van der Waals surface area (Å²) in [7, 11) is 0.